The van der Waals surface area contributed by atoms with Gasteiger partial charge in [-0.15, -0.1) is 0 Å². The molecule has 1 aliphatic carbocycles. The molecule has 2 aliphatic rings. The summed E-state index contributed by atoms with van der Waals surface area (Å²) in [7, 11) is 2.15. The van der Waals surface area contributed by atoms with Crippen LogP contribution in [0.25, 0.3) is 0 Å². The van der Waals surface area contributed by atoms with Crippen LogP contribution in [-0.2, 0) is 0 Å². The third-order valence-corrected chi connectivity index (χ3v) is 5.24. The number of hydrogen-bond donors (Lipinski definition) is 1. The van der Waals surface area contributed by atoms with E-state index >= 15 is 0 Å². The van der Waals surface area contributed by atoms with Gasteiger partial charge in [0.2, 0.25) is 0 Å². The molecule has 4 unspecified atom stereocenters. The van der Waals surface area contributed by atoms with Crippen LogP contribution in [0.5, 0.6) is 0 Å². The van der Waals surface area contributed by atoms with Gasteiger partial charge in [-0.25, -0.2) is 0 Å². The SMILES string of the molecule is CCC1CCC(NC)C(N2CCC(CC)C2)C1. The molecule has 0 aromatic carbocycles. The summed E-state index contributed by atoms with van der Waals surface area (Å²) in [6, 6.07) is 1.56. The fraction of sp³-hybridized carbons (Fsp3) is 1.00. The number of likely N-dealkylation sites (tertiary alicyclic amines) is 1. The second-order valence-corrected chi connectivity index (χ2v) is 6.11. The Hall–Kier alpha value is -0.0800. The molecule has 0 aromatic rings. The summed E-state index contributed by atoms with van der Waals surface area (Å²) in [6.07, 6.45) is 8.41. The highest BCUT2D eigenvalue weighted by Crippen LogP contribution is 2.33. The van der Waals surface area contributed by atoms with Gasteiger partial charge >= 0.3 is 0 Å². The first-order valence-electron chi connectivity index (χ1n) is 7.69. The van der Waals surface area contributed by atoms with E-state index in [1.165, 1.54) is 51.6 Å². The maximum Gasteiger partial charge on any atom is 0.0251 e. The van der Waals surface area contributed by atoms with E-state index in [9.17, 15) is 0 Å². The summed E-state index contributed by atoms with van der Waals surface area (Å²) < 4.78 is 0. The number of nitrogens with zero attached hydrogens (tertiary/aromatic N) is 1. The van der Waals surface area contributed by atoms with Crippen LogP contribution < -0.4 is 5.32 Å². The van der Waals surface area contributed by atoms with Crippen LogP contribution in [0.1, 0.15) is 52.4 Å². The van der Waals surface area contributed by atoms with Crippen molar-refractivity contribution in [2.45, 2.75) is 64.5 Å². The molecule has 2 heteroatoms. The smallest absolute Gasteiger partial charge is 0.0251 e. The average Bonchev–Trinajstić information content (AvgIpc) is 2.86. The number of nitrogens with one attached hydrogen (secondary N) is 1. The highest BCUT2D eigenvalue weighted by molar-refractivity contribution is 4.93. The molecular weight excluding hydrogens is 208 g/mol. The third kappa shape index (κ3) is 3.03. The number of likely N-dealkylation sites (N-methyl/N-ethyl adjacent to an activating group) is 1. The second kappa shape index (κ2) is 6.19. The molecule has 1 saturated carbocycles. The summed E-state index contributed by atoms with van der Waals surface area (Å²) in [5, 5.41) is 3.57. The molecule has 1 saturated heterocycles. The van der Waals surface area contributed by atoms with E-state index in [0.29, 0.717) is 0 Å². The van der Waals surface area contributed by atoms with Crippen LogP contribution >= 0.6 is 0 Å². The highest BCUT2D eigenvalue weighted by atomic mass is 15.2. The van der Waals surface area contributed by atoms with Gasteiger partial charge in [0.1, 0.15) is 0 Å². The van der Waals surface area contributed by atoms with Gasteiger partial charge in [-0.2, -0.15) is 0 Å². The summed E-state index contributed by atoms with van der Waals surface area (Å²) in [6.45, 7) is 7.41. The van der Waals surface area contributed by atoms with Gasteiger partial charge in [-0.05, 0) is 51.1 Å². The molecule has 0 aromatic heterocycles. The van der Waals surface area contributed by atoms with E-state index in [2.05, 4.69) is 31.1 Å². The van der Waals surface area contributed by atoms with Crippen molar-refractivity contribution in [1.29, 1.82) is 0 Å². The van der Waals surface area contributed by atoms with Crippen LogP contribution in [0.15, 0.2) is 0 Å². The maximum absolute atomic E-state index is 3.57. The Morgan fingerprint density at radius 3 is 2.41 bits per heavy atom. The molecule has 0 amide bonds. The number of rotatable bonds is 4. The lowest BCUT2D eigenvalue weighted by molar-refractivity contribution is 0.116. The van der Waals surface area contributed by atoms with E-state index < -0.39 is 0 Å². The Morgan fingerprint density at radius 2 is 1.82 bits per heavy atom. The van der Waals surface area contributed by atoms with Crippen LogP contribution in [0.2, 0.25) is 0 Å². The second-order valence-electron chi connectivity index (χ2n) is 6.11. The molecule has 100 valence electrons. The Labute approximate surface area is 107 Å². The lowest BCUT2D eigenvalue weighted by Gasteiger charge is -2.41. The Kier molecular flexibility index (Phi) is 4.87. The van der Waals surface area contributed by atoms with Crippen molar-refractivity contribution in [2.75, 3.05) is 20.1 Å². The highest BCUT2D eigenvalue weighted by Gasteiger charge is 2.35. The maximum atomic E-state index is 3.57. The fourth-order valence-electron chi connectivity index (χ4n) is 3.84. The van der Waals surface area contributed by atoms with Crippen LogP contribution in [0.4, 0.5) is 0 Å². The third-order valence-electron chi connectivity index (χ3n) is 5.24. The fourth-order valence-corrected chi connectivity index (χ4v) is 3.84. The monoisotopic (exact) mass is 238 g/mol. The quantitative estimate of drug-likeness (QED) is 0.810. The minimum Gasteiger partial charge on any atom is -0.315 e. The van der Waals surface area contributed by atoms with Crippen LogP contribution in [0.3, 0.4) is 0 Å². The molecule has 4 atom stereocenters. The zero-order chi connectivity index (χ0) is 12.3. The Bertz CT molecular complexity index is 229. The lowest BCUT2D eigenvalue weighted by Crippen LogP contribution is -2.51. The molecule has 0 radical (unpaired) electrons. The molecular formula is C15H30N2. The van der Waals surface area contributed by atoms with Gasteiger partial charge in [0.05, 0.1) is 0 Å². The first-order chi connectivity index (χ1) is 8.28. The van der Waals surface area contributed by atoms with Crippen LogP contribution in [0, 0.1) is 11.8 Å². The van der Waals surface area contributed by atoms with Crippen molar-refractivity contribution in [3.63, 3.8) is 0 Å². The zero-order valence-electron chi connectivity index (χ0n) is 11.9. The molecule has 2 rings (SSSR count). The first kappa shape index (κ1) is 13.4. The van der Waals surface area contributed by atoms with E-state index in [1.807, 2.05) is 0 Å². The van der Waals surface area contributed by atoms with Gasteiger partial charge in [0, 0.05) is 18.6 Å². The largest absolute Gasteiger partial charge is 0.315 e. The van der Waals surface area contributed by atoms with Crippen LogP contribution in [-0.4, -0.2) is 37.1 Å². The Morgan fingerprint density at radius 1 is 1.06 bits per heavy atom. The summed E-state index contributed by atoms with van der Waals surface area (Å²) >= 11 is 0. The molecule has 1 aliphatic heterocycles. The standard InChI is InChI=1S/C15H30N2/c1-4-12-6-7-14(16-3)15(10-12)17-9-8-13(5-2)11-17/h12-16H,4-11H2,1-3H3. The van der Waals surface area contributed by atoms with Gasteiger partial charge in [-0.1, -0.05) is 26.7 Å². The van der Waals surface area contributed by atoms with E-state index in [1.54, 1.807) is 0 Å². The Balaban J connectivity index is 1.95. The van der Waals surface area contributed by atoms with Gasteiger partial charge in [0.15, 0.2) is 0 Å². The van der Waals surface area contributed by atoms with E-state index in [4.69, 9.17) is 0 Å². The van der Waals surface area contributed by atoms with Gasteiger partial charge < -0.3 is 5.32 Å². The predicted octanol–water partition coefficient (Wildman–Crippen LogP) is 2.89. The molecule has 2 fully saturated rings. The summed E-state index contributed by atoms with van der Waals surface area (Å²) in [5.41, 5.74) is 0. The van der Waals surface area contributed by atoms with Gasteiger partial charge in [-0.3, -0.25) is 4.90 Å². The minimum absolute atomic E-state index is 0.744. The van der Waals surface area contributed by atoms with Crippen molar-refractivity contribution in [3.8, 4) is 0 Å². The number of hydrogen-bond acceptors (Lipinski definition) is 2. The van der Waals surface area contributed by atoms with E-state index in [0.717, 1.165) is 23.9 Å². The molecule has 0 bridgehead atoms. The van der Waals surface area contributed by atoms with Crippen molar-refractivity contribution in [2.24, 2.45) is 11.8 Å². The summed E-state index contributed by atoms with van der Waals surface area (Å²) in [4.78, 5) is 2.79. The van der Waals surface area contributed by atoms with E-state index in [-0.39, 0.29) is 0 Å². The normalized spacial score (nSPS) is 39.7. The molecule has 2 nitrogen and oxygen atoms in total. The van der Waals surface area contributed by atoms with Crippen molar-refractivity contribution in [1.82, 2.24) is 10.2 Å². The average molecular weight is 238 g/mol. The molecule has 17 heavy (non-hydrogen) atoms. The molecule has 1 heterocycles. The summed E-state index contributed by atoms with van der Waals surface area (Å²) in [5.74, 6) is 1.94. The topological polar surface area (TPSA) is 15.3 Å². The molecule has 0 spiro atoms. The van der Waals surface area contributed by atoms with Gasteiger partial charge in [0.25, 0.3) is 0 Å². The molecule has 1 N–H and O–H groups in total. The van der Waals surface area contributed by atoms with Crippen molar-refractivity contribution < 1.29 is 0 Å². The predicted molar refractivity (Wildman–Crippen MR) is 74.2 cm³/mol. The zero-order valence-corrected chi connectivity index (χ0v) is 11.9. The van der Waals surface area contributed by atoms with Crippen molar-refractivity contribution >= 4 is 0 Å². The minimum atomic E-state index is 0.744. The first-order valence-corrected chi connectivity index (χ1v) is 7.69. The lowest BCUT2D eigenvalue weighted by atomic mass is 9.80. The van der Waals surface area contributed by atoms with Crippen molar-refractivity contribution in [3.05, 3.63) is 0 Å².